The number of carbonyl (C=O) groups is 1. The van der Waals surface area contributed by atoms with Crippen LogP contribution in [0.25, 0.3) is 22.2 Å². The highest BCUT2D eigenvalue weighted by Gasteiger charge is 2.12. The third-order valence-corrected chi connectivity index (χ3v) is 3.14. The summed E-state index contributed by atoms with van der Waals surface area (Å²) >= 11 is 0. The highest BCUT2D eigenvalue weighted by molar-refractivity contribution is 5.94. The van der Waals surface area contributed by atoms with Gasteiger partial charge in [-0.1, -0.05) is 12.1 Å². The van der Waals surface area contributed by atoms with Gasteiger partial charge in [-0.05, 0) is 24.3 Å². The number of carbonyl (C=O) groups excluding carboxylic acids is 1. The van der Waals surface area contributed by atoms with Gasteiger partial charge in [-0.15, -0.1) is 0 Å². The Hall–Kier alpha value is -2.75. The summed E-state index contributed by atoms with van der Waals surface area (Å²) in [6.07, 6.45) is 4.18. The molecule has 4 nitrogen and oxygen atoms in total. The number of pyridine rings is 2. The van der Waals surface area contributed by atoms with E-state index in [1.54, 1.807) is 19.5 Å². The fourth-order valence-corrected chi connectivity index (χ4v) is 2.18. The molecule has 1 aromatic carbocycles. The van der Waals surface area contributed by atoms with E-state index in [2.05, 4.69) is 9.97 Å². The Kier molecular flexibility index (Phi) is 3.13. The number of aldehydes is 1. The zero-order valence-corrected chi connectivity index (χ0v) is 10.9. The molecule has 0 spiro atoms. The summed E-state index contributed by atoms with van der Waals surface area (Å²) in [6, 6.07) is 11.2. The Labute approximate surface area is 116 Å². The average molecular weight is 264 g/mol. The Balaban J connectivity index is 2.31. The minimum absolute atomic E-state index is 0.535. The van der Waals surface area contributed by atoms with E-state index in [-0.39, 0.29) is 0 Å². The molecule has 20 heavy (non-hydrogen) atoms. The molecule has 0 radical (unpaired) electrons. The van der Waals surface area contributed by atoms with Gasteiger partial charge in [0.1, 0.15) is 5.75 Å². The Morgan fingerprint density at radius 2 is 2.05 bits per heavy atom. The Morgan fingerprint density at radius 1 is 1.20 bits per heavy atom. The van der Waals surface area contributed by atoms with Crippen molar-refractivity contribution in [1.82, 2.24) is 9.97 Å². The van der Waals surface area contributed by atoms with Crippen LogP contribution in [-0.2, 0) is 0 Å². The Bertz CT molecular complexity index is 784. The molecule has 4 heteroatoms. The lowest BCUT2D eigenvalue weighted by Gasteiger charge is -2.10. The van der Waals surface area contributed by atoms with E-state index in [4.69, 9.17) is 4.74 Å². The van der Waals surface area contributed by atoms with Crippen molar-refractivity contribution in [2.75, 3.05) is 7.11 Å². The lowest BCUT2D eigenvalue weighted by molar-refractivity contribution is 0.112. The van der Waals surface area contributed by atoms with E-state index in [9.17, 15) is 4.79 Å². The van der Waals surface area contributed by atoms with Gasteiger partial charge in [-0.3, -0.25) is 9.78 Å². The predicted octanol–water partition coefficient (Wildman–Crippen LogP) is 3.12. The molecular weight excluding hydrogens is 252 g/mol. The molecular formula is C16H12N2O2. The normalized spacial score (nSPS) is 10.4. The number of ether oxygens (including phenoxy) is 1. The van der Waals surface area contributed by atoms with Crippen molar-refractivity contribution in [1.29, 1.82) is 0 Å². The molecule has 98 valence electrons. The van der Waals surface area contributed by atoms with Gasteiger partial charge >= 0.3 is 0 Å². The van der Waals surface area contributed by atoms with Crippen LogP contribution in [-0.4, -0.2) is 23.4 Å². The van der Waals surface area contributed by atoms with E-state index in [0.717, 1.165) is 22.8 Å². The number of hydrogen-bond acceptors (Lipinski definition) is 4. The van der Waals surface area contributed by atoms with Crippen LogP contribution in [0, 0.1) is 0 Å². The average Bonchev–Trinajstić information content (AvgIpc) is 2.53. The zero-order valence-electron chi connectivity index (χ0n) is 10.9. The number of para-hydroxylation sites is 1. The smallest absolute Gasteiger partial charge is 0.152 e. The van der Waals surface area contributed by atoms with Gasteiger partial charge in [0.15, 0.2) is 6.29 Å². The van der Waals surface area contributed by atoms with Crippen LogP contribution in [0.4, 0.5) is 0 Å². The molecule has 0 aliphatic heterocycles. The number of benzene rings is 1. The second kappa shape index (κ2) is 5.09. The molecule has 2 aromatic heterocycles. The van der Waals surface area contributed by atoms with Gasteiger partial charge < -0.3 is 4.74 Å². The van der Waals surface area contributed by atoms with Gasteiger partial charge in [0.25, 0.3) is 0 Å². The molecule has 0 saturated heterocycles. The van der Waals surface area contributed by atoms with Gasteiger partial charge in [0.05, 0.1) is 24.5 Å². The molecule has 0 amide bonds. The monoisotopic (exact) mass is 264 g/mol. The highest BCUT2D eigenvalue weighted by atomic mass is 16.5. The van der Waals surface area contributed by atoms with E-state index < -0.39 is 0 Å². The number of hydrogen-bond donors (Lipinski definition) is 0. The molecule has 2 heterocycles. The van der Waals surface area contributed by atoms with Gasteiger partial charge in [-0.2, -0.15) is 0 Å². The van der Waals surface area contributed by atoms with Gasteiger partial charge in [0, 0.05) is 22.7 Å². The van der Waals surface area contributed by atoms with Crippen molar-refractivity contribution in [3.05, 3.63) is 54.4 Å². The predicted molar refractivity (Wildman–Crippen MR) is 76.9 cm³/mol. The van der Waals surface area contributed by atoms with Crippen molar-refractivity contribution in [2.45, 2.75) is 0 Å². The van der Waals surface area contributed by atoms with E-state index in [1.165, 1.54) is 0 Å². The van der Waals surface area contributed by atoms with Crippen LogP contribution in [0.5, 0.6) is 5.75 Å². The Morgan fingerprint density at radius 3 is 2.85 bits per heavy atom. The number of methoxy groups -OCH3 is 1. The number of rotatable bonds is 3. The summed E-state index contributed by atoms with van der Waals surface area (Å²) in [4.78, 5) is 20.0. The highest BCUT2D eigenvalue weighted by Crippen LogP contribution is 2.31. The number of aromatic nitrogens is 2. The van der Waals surface area contributed by atoms with E-state index in [1.807, 2.05) is 36.4 Å². The first-order chi connectivity index (χ1) is 9.83. The standard InChI is InChI=1S/C16H12N2O2/c1-20-15-5-3-2-4-13(15)16-12(10-19)8-11-6-7-17-9-14(11)18-16/h2-10H,1H3. The van der Waals surface area contributed by atoms with Gasteiger partial charge in [-0.25, -0.2) is 4.98 Å². The molecule has 0 aliphatic carbocycles. The summed E-state index contributed by atoms with van der Waals surface area (Å²) in [5.41, 5.74) is 2.69. The minimum Gasteiger partial charge on any atom is -0.496 e. The third-order valence-electron chi connectivity index (χ3n) is 3.14. The summed E-state index contributed by atoms with van der Waals surface area (Å²) in [5.74, 6) is 0.686. The van der Waals surface area contributed by atoms with Crippen LogP contribution in [0.3, 0.4) is 0 Å². The number of fused-ring (bicyclic) bond motifs is 1. The lowest BCUT2D eigenvalue weighted by atomic mass is 10.0. The SMILES string of the molecule is COc1ccccc1-c1nc2cnccc2cc1C=O. The minimum atomic E-state index is 0.535. The summed E-state index contributed by atoms with van der Waals surface area (Å²) in [7, 11) is 1.60. The fourth-order valence-electron chi connectivity index (χ4n) is 2.18. The third kappa shape index (κ3) is 2.01. The summed E-state index contributed by atoms with van der Waals surface area (Å²) in [5, 5.41) is 0.890. The van der Waals surface area contributed by atoms with Crippen molar-refractivity contribution >= 4 is 17.2 Å². The summed E-state index contributed by atoms with van der Waals surface area (Å²) < 4.78 is 5.34. The second-order valence-electron chi connectivity index (χ2n) is 4.31. The van der Waals surface area contributed by atoms with Crippen LogP contribution in [0.15, 0.2) is 48.8 Å². The quantitative estimate of drug-likeness (QED) is 0.682. The van der Waals surface area contributed by atoms with Crippen molar-refractivity contribution in [2.24, 2.45) is 0 Å². The molecule has 0 atom stereocenters. The van der Waals surface area contributed by atoms with E-state index in [0.29, 0.717) is 17.0 Å². The first-order valence-electron chi connectivity index (χ1n) is 6.17. The second-order valence-corrected chi connectivity index (χ2v) is 4.31. The molecule has 0 bridgehead atoms. The van der Waals surface area contributed by atoms with Gasteiger partial charge in [0.2, 0.25) is 0 Å². The lowest BCUT2D eigenvalue weighted by Crippen LogP contribution is -1.96. The van der Waals surface area contributed by atoms with Crippen LogP contribution in [0.1, 0.15) is 10.4 Å². The molecule has 0 N–H and O–H groups in total. The maximum absolute atomic E-state index is 11.3. The van der Waals surface area contributed by atoms with Crippen LogP contribution >= 0.6 is 0 Å². The first-order valence-corrected chi connectivity index (χ1v) is 6.17. The molecule has 3 aromatic rings. The van der Waals surface area contributed by atoms with Crippen LogP contribution < -0.4 is 4.74 Å². The van der Waals surface area contributed by atoms with Crippen LogP contribution in [0.2, 0.25) is 0 Å². The van der Waals surface area contributed by atoms with E-state index >= 15 is 0 Å². The fraction of sp³-hybridized carbons (Fsp3) is 0.0625. The van der Waals surface area contributed by atoms with Crippen molar-refractivity contribution in [3.63, 3.8) is 0 Å². The first kappa shape index (κ1) is 12.3. The zero-order chi connectivity index (χ0) is 13.9. The summed E-state index contributed by atoms with van der Waals surface area (Å²) in [6.45, 7) is 0. The maximum atomic E-state index is 11.3. The number of nitrogens with zero attached hydrogens (tertiary/aromatic N) is 2. The largest absolute Gasteiger partial charge is 0.496 e. The molecule has 0 aliphatic rings. The van der Waals surface area contributed by atoms with Crippen molar-refractivity contribution in [3.8, 4) is 17.0 Å². The van der Waals surface area contributed by atoms with Crippen molar-refractivity contribution < 1.29 is 9.53 Å². The molecule has 0 fully saturated rings. The maximum Gasteiger partial charge on any atom is 0.152 e. The topological polar surface area (TPSA) is 52.1 Å². The molecule has 3 rings (SSSR count). The molecule has 0 saturated carbocycles. The molecule has 0 unspecified atom stereocenters.